The van der Waals surface area contributed by atoms with Crippen LogP contribution in [0.2, 0.25) is 0 Å². The third-order valence-electron chi connectivity index (χ3n) is 5.23. The van der Waals surface area contributed by atoms with Gasteiger partial charge in [0.05, 0.1) is 0 Å². The highest BCUT2D eigenvalue weighted by molar-refractivity contribution is 5.64. The van der Waals surface area contributed by atoms with E-state index < -0.39 is 11.6 Å². The molecule has 2 aromatic rings. The molecule has 0 unspecified atom stereocenters. The van der Waals surface area contributed by atoms with Gasteiger partial charge in [0.2, 0.25) is 0 Å². The molecule has 0 amide bonds. The predicted octanol–water partition coefficient (Wildman–Crippen LogP) is 6.49. The average Bonchev–Trinajstić information content (AvgIpc) is 2.55. The van der Waals surface area contributed by atoms with Gasteiger partial charge in [-0.2, -0.15) is 0 Å². The van der Waals surface area contributed by atoms with Crippen LogP contribution in [0.25, 0.3) is 11.1 Å². The van der Waals surface area contributed by atoms with E-state index in [9.17, 15) is 8.78 Å². The van der Waals surface area contributed by atoms with E-state index in [0.29, 0.717) is 17.9 Å². The molecule has 0 saturated heterocycles. The van der Waals surface area contributed by atoms with Crippen molar-refractivity contribution in [3.05, 3.63) is 59.2 Å². The van der Waals surface area contributed by atoms with Crippen LogP contribution >= 0.6 is 0 Å². The third kappa shape index (κ3) is 3.46. The Labute approximate surface area is 137 Å². The van der Waals surface area contributed by atoms with E-state index in [4.69, 9.17) is 0 Å². The standard InChI is InChI=1S/C21H24F2/c1-3-19-20(22)12-18(13-21(19)23)17-10-8-16(9-11-17)15-6-4-14(2)5-7-15/h8-15H,3-7H2,1-2H3. The first-order valence-corrected chi connectivity index (χ1v) is 8.66. The molecule has 0 spiro atoms. The van der Waals surface area contributed by atoms with Crippen molar-refractivity contribution in [2.75, 3.05) is 0 Å². The Morgan fingerprint density at radius 3 is 1.96 bits per heavy atom. The molecule has 2 aromatic carbocycles. The molecule has 0 radical (unpaired) electrons. The summed E-state index contributed by atoms with van der Waals surface area (Å²) < 4.78 is 27.9. The van der Waals surface area contributed by atoms with Crippen LogP contribution in [0, 0.1) is 17.6 Å². The Morgan fingerprint density at radius 1 is 0.870 bits per heavy atom. The van der Waals surface area contributed by atoms with Gasteiger partial charge < -0.3 is 0 Å². The zero-order valence-corrected chi connectivity index (χ0v) is 13.9. The second-order valence-corrected chi connectivity index (χ2v) is 6.85. The van der Waals surface area contributed by atoms with Crippen LogP contribution in [-0.4, -0.2) is 0 Å². The van der Waals surface area contributed by atoms with Gasteiger partial charge in [0.1, 0.15) is 11.6 Å². The number of hydrogen-bond donors (Lipinski definition) is 0. The molecule has 0 aromatic heterocycles. The fourth-order valence-corrected chi connectivity index (χ4v) is 3.65. The minimum absolute atomic E-state index is 0.168. The molecule has 0 nitrogen and oxygen atoms in total. The zero-order chi connectivity index (χ0) is 16.4. The van der Waals surface area contributed by atoms with Gasteiger partial charge in [-0.3, -0.25) is 0 Å². The van der Waals surface area contributed by atoms with Crippen LogP contribution in [-0.2, 0) is 6.42 Å². The van der Waals surface area contributed by atoms with Crippen LogP contribution in [0.4, 0.5) is 8.78 Å². The minimum Gasteiger partial charge on any atom is -0.207 e. The summed E-state index contributed by atoms with van der Waals surface area (Å²) in [6.07, 6.45) is 5.45. The molecule has 122 valence electrons. The molecule has 1 aliphatic carbocycles. The van der Waals surface area contributed by atoms with E-state index in [1.807, 2.05) is 12.1 Å². The van der Waals surface area contributed by atoms with Crippen LogP contribution in [0.1, 0.15) is 56.6 Å². The Hall–Kier alpha value is -1.70. The van der Waals surface area contributed by atoms with Crippen molar-refractivity contribution >= 4 is 0 Å². The van der Waals surface area contributed by atoms with Crippen molar-refractivity contribution in [1.82, 2.24) is 0 Å². The maximum Gasteiger partial charge on any atom is 0.129 e. The molecular weight excluding hydrogens is 290 g/mol. The van der Waals surface area contributed by atoms with Crippen molar-refractivity contribution in [2.24, 2.45) is 5.92 Å². The summed E-state index contributed by atoms with van der Waals surface area (Å²) in [6, 6.07) is 11.1. The lowest BCUT2D eigenvalue weighted by atomic mass is 9.79. The predicted molar refractivity (Wildman–Crippen MR) is 91.5 cm³/mol. The lowest BCUT2D eigenvalue weighted by molar-refractivity contribution is 0.348. The van der Waals surface area contributed by atoms with Crippen molar-refractivity contribution in [1.29, 1.82) is 0 Å². The molecule has 1 fully saturated rings. The molecule has 0 bridgehead atoms. The maximum absolute atomic E-state index is 14.0. The smallest absolute Gasteiger partial charge is 0.129 e. The van der Waals surface area contributed by atoms with E-state index in [1.165, 1.54) is 43.4 Å². The van der Waals surface area contributed by atoms with Gasteiger partial charge in [-0.15, -0.1) is 0 Å². The first-order chi connectivity index (χ1) is 11.1. The monoisotopic (exact) mass is 314 g/mol. The Morgan fingerprint density at radius 2 is 1.43 bits per heavy atom. The summed E-state index contributed by atoms with van der Waals surface area (Å²) in [7, 11) is 0. The highest BCUT2D eigenvalue weighted by Crippen LogP contribution is 2.36. The van der Waals surface area contributed by atoms with Crippen LogP contribution < -0.4 is 0 Å². The normalized spacial score (nSPS) is 21.4. The van der Waals surface area contributed by atoms with E-state index >= 15 is 0 Å². The van der Waals surface area contributed by atoms with Crippen molar-refractivity contribution < 1.29 is 8.78 Å². The Bertz CT molecular complexity index is 642. The molecular formula is C21H24F2. The maximum atomic E-state index is 14.0. The first kappa shape index (κ1) is 16.2. The lowest BCUT2D eigenvalue weighted by Gasteiger charge is -2.26. The molecule has 2 heteroatoms. The summed E-state index contributed by atoms with van der Waals surface area (Å²) in [5.74, 6) is 0.574. The average molecular weight is 314 g/mol. The lowest BCUT2D eigenvalue weighted by Crippen LogP contribution is -2.10. The summed E-state index contributed by atoms with van der Waals surface area (Å²) in [5, 5.41) is 0. The SMILES string of the molecule is CCc1c(F)cc(-c2ccc(C3CCC(C)CC3)cc2)cc1F. The van der Waals surface area contributed by atoms with Crippen molar-refractivity contribution in [2.45, 2.75) is 51.9 Å². The van der Waals surface area contributed by atoms with Gasteiger partial charge in [-0.25, -0.2) is 8.78 Å². The second kappa shape index (κ2) is 6.82. The number of benzene rings is 2. The van der Waals surface area contributed by atoms with E-state index in [1.54, 1.807) is 6.92 Å². The van der Waals surface area contributed by atoms with Gasteiger partial charge in [-0.05, 0) is 59.9 Å². The van der Waals surface area contributed by atoms with Gasteiger partial charge >= 0.3 is 0 Å². The quantitative estimate of drug-likeness (QED) is 0.607. The molecule has 0 N–H and O–H groups in total. The van der Waals surface area contributed by atoms with Gasteiger partial charge in [0.25, 0.3) is 0 Å². The van der Waals surface area contributed by atoms with Gasteiger partial charge in [0, 0.05) is 5.56 Å². The number of rotatable bonds is 3. The van der Waals surface area contributed by atoms with Gasteiger partial charge in [-0.1, -0.05) is 51.0 Å². The molecule has 3 rings (SSSR count). The minimum atomic E-state index is -0.451. The zero-order valence-electron chi connectivity index (χ0n) is 13.9. The number of hydrogen-bond acceptors (Lipinski definition) is 0. The topological polar surface area (TPSA) is 0 Å². The number of halogens is 2. The highest BCUT2D eigenvalue weighted by Gasteiger charge is 2.19. The summed E-state index contributed by atoms with van der Waals surface area (Å²) in [6.45, 7) is 4.09. The summed E-state index contributed by atoms with van der Waals surface area (Å²) in [4.78, 5) is 0. The molecule has 0 heterocycles. The second-order valence-electron chi connectivity index (χ2n) is 6.85. The van der Waals surface area contributed by atoms with E-state index in [0.717, 1.165) is 11.5 Å². The molecule has 0 aliphatic heterocycles. The first-order valence-electron chi connectivity index (χ1n) is 8.66. The molecule has 1 saturated carbocycles. The van der Waals surface area contributed by atoms with Crippen molar-refractivity contribution in [3.63, 3.8) is 0 Å². The van der Waals surface area contributed by atoms with E-state index in [-0.39, 0.29) is 5.56 Å². The fraction of sp³-hybridized carbons (Fsp3) is 0.429. The van der Waals surface area contributed by atoms with Crippen LogP contribution in [0.15, 0.2) is 36.4 Å². The molecule has 0 atom stereocenters. The van der Waals surface area contributed by atoms with Crippen LogP contribution in [0.5, 0.6) is 0 Å². The molecule has 23 heavy (non-hydrogen) atoms. The van der Waals surface area contributed by atoms with Crippen LogP contribution in [0.3, 0.4) is 0 Å². The largest absolute Gasteiger partial charge is 0.207 e. The van der Waals surface area contributed by atoms with E-state index in [2.05, 4.69) is 19.1 Å². The highest BCUT2D eigenvalue weighted by atomic mass is 19.1. The molecule has 1 aliphatic rings. The van der Waals surface area contributed by atoms with Crippen molar-refractivity contribution in [3.8, 4) is 11.1 Å². The van der Waals surface area contributed by atoms with Gasteiger partial charge in [0.15, 0.2) is 0 Å². The fourth-order valence-electron chi connectivity index (χ4n) is 3.65. The Balaban J connectivity index is 1.82. The third-order valence-corrected chi connectivity index (χ3v) is 5.23. The summed E-state index contributed by atoms with van der Waals surface area (Å²) in [5.41, 5.74) is 3.01. The summed E-state index contributed by atoms with van der Waals surface area (Å²) >= 11 is 0. The Kier molecular flexibility index (Phi) is 4.79.